The summed E-state index contributed by atoms with van der Waals surface area (Å²) in [6.07, 6.45) is 11.3. The third-order valence-corrected chi connectivity index (χ3v) is 5.94. The molecule has 0 radical (unpaired) electrons. The fourth-order valence-corrected chi connectivity index (χ4v) is 4.33. The van der Waals surface area contributed by atoms with E-state index in [4.69, 9.17) is 12.6 Å². The molecule has 0 bridgehead atoms. The maximum absolute atomic E-state index is 4.72. The Morgan fingerprint density at radius 3 is 2.37 bits per heavy atom. The average Bonchev–Trinajstić information content (AvgIpc) is 2.65. The van der Waals surface area contributed by atoms with Crippen molar-refractivity contribution in [3.05, 3.63) is 0 Å². The van der Waals surface area contributed by atoms with Gasteiger partial charge in [0.15, 0.2) is 0 Å². The van der Waals surface area contributed by atoms with Crippen LogP contribution in [-0.4, -0.2) is 55.3 Å². The van der Waals surface area contributed by atoms with Crippen LogP contribution < -0.4 is 0 Å². The Balaban J connectivity index is 1.93. The standard InChI is InChI=1S/C16H32N2S/c1-17(2)15-8-7-11-18(12-15)13-16(14-19)9-5-3-4-6-10-16/h15,19H,3-14H2,1-2H3. The van der Waals surface area contributed by atoms with E-state index in [1.165, 1.54) is 71.0 Å². The van der Waals surface area contributed by atoms with Crippen molar-refractivity contribution in [3.63, 3.8) is 0 Å². The lowest BCUT2D eigenvalue weighted by Crippen LogP contribution is -2.49. The van der Waals surface area contributed by atoms with Crippen LogP contribution in [0.15, 0.2) is 0 Å². The summed E-state index contributed by atoms with van der Waals surface area (Å²) in [5.41, 5.74) is 0.508. The molecule has 0 spiro atoms. The lowest BCUT2D eigenvalue weighted by Gasteiger charge is -2.42. The molecule has 2 nitrogen and oxygen atoms in total. The van der Waals surface area contributed by atoms with Crippen molar-refractivity contribution in [3.8, 4) is 0 Å². The second-order valence-electron chi connectivity index (χ2n) is 7.07. The van der Waals surface area contributed by atoms with E-state index in [9.17, 15) is 0 Å². The van der Waals surface area contributed by atoms with Gasteiger partial charge in [0.1, 0.15) is 0 Å². The first kappa shape index (κ1) is 15.7. The molecule has 1 aliphatic carbocycles. The number of thiol groups is 1. The van der Waals surface area contributed by atoms with Crippen molar-refractivity contribution in [2.45, 2.75) is 57.4 Å². The average molecular weight is 285 g/mol. The van der Waals surface area contributed by atoms with E-state index >= 15 is 0 Å². The van der Waals surface area contributed by atoms with Gasteiger partial charge in [-0.05, 0) is 57.5 Å². The zero-order valence-electron chi connectivity index (χ0n) is 12.9. The number of hydrogen-bond acceptors (Lipinski definition) is 3. The summed E-state index contributed by atoms with van der Waals surface area (Å²) < 4.78 is 0. The molecule has 1 unspecified atom stereocenters. The number of likely N-dealkylation sites (tertiary alicyclic amines) is 1. The molecule has 2 fully saturated rings. The quantitative estimate of drug-likeness (QED) is 0.625. The first-order chi connectivity index (χ1) is 9.15. The smallest absolute Gasteiger partial charge is 0.0217 e. The van der Waals surface area contributed by atoms with Gasteiger partial charge >= 0.3 is 0 Å². The number of rotatable bonds is 4. The Morgan fingerprint density at radius 1 is 1.11 bits per heavy atom. The van der Waals surface area contributed by atoms with Crippen LogP contribution in [0.1, 0.15) is 51.4 Å². The number of likely N-dealkylation sites (N-methyl/N-ethyl adjacent to an activating group) is 1. The molecule has 1 heterocycles. The van der Waals surface area contributed by atoms with E-state index in [-0.39, 0.29) is 0 Å². The van der Waals surface area contributed by atoms with Crippen LogP contribution in [0.4, 0.5) is 0 Å². The van der Waals surface area contributed by atoms with Crippen LogP contribution in [0.2, 0.25) is 0 Å². The second-order valence-corrected chi connectivity index (χ2v) is 7.38. The Bertz CT molecular complexity index is 259. The van der Waals surface area contributed by atoms with Gasteiger partial charge in [0.05, 0.1) is 0 Å². The van der Waals surface area contributed by atoms with Crippen molar-refractivity contribution in [2.24, 2.45) is 5.41 Å². The van der Waals surface area contributed by atoms with Crippen molar-refractivity contribution >= 4 is 12.6 Å². The van der Waals surface area contributed by atoms with Crippen molar-refractivity contribution in [2.75, 3.05) is 39.5 Å². The summed E-state index contributed by atoms with van der Waals surface area (Å²) in [7, 11) is 4.46. The van der Waals surface area contributed by atoms with Crippen LogP contribution >= 0.6 is 12.6 Å². The summed E-state index contributed by atoms with van der Waals surface area (Å²) in [4.78, 5) is 5.14. The van der Waals surface area contributed by atoms with Crippen LogP contribution in [-0.2, 0) is 0 Å². The van der Waals surface area contributed by atoms with Crippen molar-refractivity contribution < 1.29 is 0 Å². The SMILES string of the molecule is CN(C)C1CCCN(CC2(CS)CCCCCC2)C1. The molecule has 3 heteroatoms. The molecule has 0 N–H and O–H groups in total. The highest BCUT2D eigenvalue weighted by molar-refractivity contribution is 7.80. The van der Waals surface area contributed by atoms with Crippen LogP contribution in [0.25, 0.3) is 0 Å². The van der Waals surface area contributed by atoms with Gasteiger partial charge < -0.3 is 9.80 Å². The molecule has 2 aliphatic rings. The van der Waals surface area contributed by atoms with E-state index < -0.39 is 0 Å². The lowest BCUT2D eigenvalue weighted by molar-refractivity contribution is 0.0856. The highest BCUT2D eigenvalue weighted by atomic mass is 32.1. The van der Waals surface area contributed by atoms with Crippen LogP contribution in [0, 0.1) is 5.41 Å². The maximum atomic E-state index is 4.72. The van der Waals surface area contributed by atoms with Gasteiger partial charge in [-0.2, -0.15) is 12.6 Å². The molecular weight excluding hydrogens is 252 g/mol. The fraction of sp³-hybridized carbons (Fsp3) is 1.00. The molecular formula is C16H32N2S. The first-order valence-electron chi connectivity index (χ1n) is 8.15. The number of nitrogens with zero attached hydrogens (tertiary/aromatic N) is 2. The fourth-order valence-electron chi connectivity index (χ4n) is 3.92. The van der Waals surface area contributed by atoms with Gasteiger partial charge in [0.2, 0.25) is 0 Å². The van der Waals surface area contributed by atoms with E-state index in [0.29, 0.717) is 5.41 Å². The molecule has 1 aliphatic heterocycles. The Labute approximate surface area is 125 Å². The summed E-state index contributed by atoms with van der Waals surface area (Å²) in [6.45, 7) is 3.86. The zero-order valence-corrected chi connectivity index (χ0v) is 13.8. The van der Waals surface area contributed by atoms with Crippen molar-refractivity contribution in [1.29, 1.82) is 0 Å². The third-order valence-electron chi connectivity index (χ3n) is 5.27. The van der Waals surface area contributed by atoms with E-state index in [1.54, 1.807) is 0 Å². The van der Waals surface area contributed by atoms with E-state index in [1.807, 2.05) is 0 Å². The molecule has 0 aromatic carbocycles. The Kier molecular flexibility index (Phi) is 6.04. The monoisotopic (exact) mass is 284 g/mol. The molecule has 0 aromatic rings. The zero-order chi connectivity index (χ0) is 13.7. The highest BCUT2D eigenvalue weighted by Gasteiger charge is 2.33. The van der Waals surface area contributed by atoms with Gasteiger partial charge in [-0.25, -0.2) is 0 Å². The van der Waals surface area contributed by atoms with E-state index in [2.05, 4.69) is 23.9 Å². The minimum Gasteiger partial charge on any atom is -0.305 e. The molecule has 1 saturated carbocycles. The minimum atomic E-state index is 0.508. The van der Waals surface area contributed by atoms with Crippen LogP contribution in [0.3, 0.4) is 0 Å². The normalized spacial score (nSPS) is 29.4. The summed E-state index contributed by atoms with van der Waals surface area (Å²) in [6, 6.07) is 0.761. The van der Waals surface area contributed by atoms with Crippen molar-refractivity contribution in [1.82, 2.24) is 9.80 Å². The number of hydrogen-bond donors (Lipinski definition) is 1. The highest BCUT2D eigenvalue weighted by Crippen LogP contribution is 2.37. The summed E-state index contributed by atoms with van der Waals surface area (Å²) in [5.74, 6) is 1.08. The molecule has 1 atom stereocenters. The molecule has 19 heavy (non-hydrogen) atoms. The van der Waals surface area contributed by atoms with Gasteiger partial charge in [-0.3, -0.25) is 0 Å². The van der Waals surface area contributed by atoms with Crippen LogP contribution in [0.5, 0.6) is 0 Å². The molecule has 112 valence electrons. The lowest BCUT2D eigenvalue weighted by atomic mass is 9.81. The summed E-state index contributed by atoms with van der Waals surface area (Å²) >= 11 is 4.72. The number of piperidine rings is 1. The predicted octanol–water partition coefficient (Wildman–Crippen LogP) is 3.28. The third kappa shape index (κ3) is 4.37. The van der Waals surface area contributed by atoms with E-state index in [0.717, 1.165) is 11.8 Å². The largest absolute Gasteiger partial charge is 0.305 e. The second kappa shape index (κ2) is 7.33. The van der Waals surface area contributed by atoms with Gasteiger partial charge in [0.25, 0.3) is 0 Å². The predicted molar refractivity (Wildman–Crippen MR) is 87.1 cm³/mol. The Hall–Kier alpha value is 0.270. The molecule has 0 amide bonds. The summed E-state index contributed by atoms with van der Waals surface area (Å²) in [5, 5.41) is 0. The molecule has 0 aromatic heterocycles. The first-order valence-corrected chi connectivity index (χ1v) is 8.78. The van der Waals surface area contributed by atoms with Gasteiger partial charge in [0, 0.05) is 19.1 Å². The van der Waals surface area contributed by atoms with Gasteiger partial charge in [-0.15, -0.1) is 0 Å². The topological polar surface area (TPSA) is 6.48 Å². The molecule has 2 rings (SSSR count). The van der Waals surface area contributed by atoms with Gasteiger partial charge in [-0.1, -0.05) is 25.7 Å². The maximum Gasteiger partial charge on any atom is 0.0217 e. The minimum absolute atomic E-state index is 0.508. The molecule has 1 saturated heterocycles. The Morgan fingerprint density at radius 2 is 1.79 bits per heavy atom.